The number of hydrogen-bond acceptors (Lipinski definition) is 4. The molecule has 0 saturated heterocycles. The maximum Gasteiger partial charge on any atom is 0.336 e. The Balaban J connectivity index is 2.80. The van der Waals surface area contributed by atoms with E-state index in [2.05, 4.69) is 4.98 Å². The van der Waals surface area contributed by atoms with Crippen molar-refractivity contribution in [3.8, 4) is 0 Å². The van der Waals surface area contributed by atoms with E-state index in [0.717, 1.165) is 4.70 Å². The van der Waals surface area contributed by atoms with Crippen LogP contribution in [0.25, 0.3) is 10.2 Å². The van der Waals surface area contributed by atoms with Crippen molar-refractivity contribution < 1.29 is 9.90 Å². The Morgan fingerprint density at radius 1 is 1.57 bits per heavy atom. The molecular formula is C9H8N2O2S. The summed E-state index contributed by atoms with van der Waals surface area (Å²) in [6, 6.07) is 3.32. The van der Waals surface area contributed by atoms with Gasteiger partial charge in [-0.2, -0.15) is 0 Å². The van der Waals surface area contributed by atoms with Crippen LogP contribution in [-0.2, 0) is 0 Å². The van der Waals surface area contributed by atoms with Gasteiger partial charge in [0.25, 0.3) is 0 Å². The summed E-state index contributed by atoms with van der Waals surface area (Å²) in [6.45, 7) is 1.74. The quantitative estimate of drug-likeness (QED) is 0.750. The van der Waals surface area contributed by atoms with Gasteiger partial charge in [0.1, 0.15) is 0 Å². The molecule has 0 aliphatic rings. The number of aryl methyl sites for hydroxylation is 1. The molecule has 0 amide bonds. The molecule has 0 aliphatic carbocycles. The number of anilines is 1. The van der Waals surface area contributed by atoms with E-state index in [4.69, 9.17) is 10.8 Å². The van der Waals surface area contributed by atoms with Crippen molar-refractivity contribution >= 4 is 32.7 Å². The predicted molar refractivity (Wildman–Crippen MR) is 55.7 cm³/mol. The highest BCUT2D eigenvalue weighted by atomic mass is 32.1. The van der Waals surface area contributed by atoms with Gasteiger partial charge in [-0.15, -0.1) is 0 Å². The maximum atomic E-state index is 10.8. The second-order valence-corrected chi connectivity index (χ2v) is 4.00. The summed E-state index contributed by atoms with van der Waals surface area (Å²) >= 11 is 1.36. The topological polar surface area (TPSA) is 76.2 Å². The lowest BCUT2D eigenvalue weighted by molar-refractivity contribution is 0.0696. The molecule has 1 aromatic carbocycles. The minimum absolute atomic E-state index is 0.280. The molecule has 4 nitrogen and oxygen atoms in total. The lowest BCUT2D eigenvalue weighted by atomic mass is 10.1. The number of fused-ring (bicyclic) bond motifs is 1. The highest BCUT2D eigenvalue weighted by Gasteiger charge is 2.12. The van der Waals surface area contributed by atoms with Crippen LogP contribution in [0.2, 0.25) is 0 Å². The molecule has 14 heavy (non-hydrogen) atoms. The van der Waals surface area contributed by atoms with Crippen molar-refractivity contribution in [1.82, 2.24) is 4.98 Å². The lowest BCUT2D eigenvalue weighted by Crippen LogP contribution is -1.99. The molecule has 0 radical (unpaired) electrons. The molecule has 5 heteroatoms. The van der Waals surface area contributed by atoms with Crippen molar-refractivity contribution in [2.45, 2.75) is 6.92 Å². The Labute approximate surface area is 84.0 Å². The standard InChI is InChI=1S/C9H8N2O2S/c1-4-5(8(12)13)2-3-6-7(4)11-9(10)14-6/h2-3H,1H3,(H2,10,11)(H,12,13). The first-order chi connectivity index (χ1) is 6.59. The molecule has 0 unspecified atom stereocenters. The molecule has 0 saturated carbocycles. The van der Waals surface area contributed by atoms with Gasteiger partial charge in [-0.05, 0) is 24.6 Å². The molecule has 72 valence electrons. The SMILES string of the molecule is Cc1c(C(=O)O)ccc2sc(N)nc12. The van der Waals surface area contributed by atoms with E-state index < -0.39 is 5.97 Å². The first-order valence-electron chi connectivity index (χ1n) is 3.98. The molecule has 0 atom stereocenters. The molecule has 3 N–H and O–H groups in total. The van der Waals surface area contributed by atoms with Crippen LogP contribution >= 0.6 is 11.3 Å². The highest BCUT2D eigenvalue weighted by molar-refractivity contribution is 7.22. The van der Waals surface area contributed by atoms with E-state index in [0.29, 0.717) is 16.2 Å². The maximum absolute atomic E-state index is 10.8. The molecule has 1 heterocycles. The van der Waals surface area contributed by atoms with Gasteiger partial charge in [-0.1, -0.05) is 11.3 Å². The average Bonchev–Trinajstić information content (AvgIpc) is 2.46. The number of nitrogens with two attached hydrogens (primary N) is 1. The molecule has 2 rings (SSSR count). The Kier molecular flexibility index (Phi) is 1.89. The number of benzene rings is 1. The Morgan fingerprint density at radius 3 is 2.93 bits per heavy atom. The molecule has 0 aliphatic heterocycles. The van der Waals surface area contributed by atoms with E-state index in [1.54, 1.807) is 19.1 Å². The van der Waals surface area contributed by atoms with Crippen LogP contribution in [0.3, 0.4) is 0 Å². The fourth-order valence-electron chi connectivity index (χ4n) is 1.37. The monoisotopic (exact) mass is 208 g/mol. The van der Waals surface area contributed by atoms with Crippen LogP contribution in [0.15, 0.2) is 12.1 Å². The summed E-state index contributed by atoms with van der Waals surface area (Å²) in [5.41, 5.74) is 7.18. The van der Waals surface area contributed by atoms with Crippen molar-refractivity contribution in [3.63, 3.8) is 0 Å². The predicted octanol–water partition coefficient (Wildman–Crippen LogP) is 1.89. The van der Waals surface area contributed by atoms with Gasteiger partial charge in [0.15, 0.2) is 5.13 Å². The number of aromatic nitrogens is 1. The van der Waals surface area contributed by atoms with E-state index in [1.807, 2.05) is 0 Å². The normalized spacial score (nSPS) is 10.6. The summed E-state index contributed by atoms with van der Waals surface area (Å²) in [4.78, 5) is 14.9. The lowest BCUT2D eigenvalue weighted by Gasteiger charge is -1.99. The molecular weight excluding hydrogens is 200 g/mol. The number of nitrogens with zero attached hydrogens (tertiary/aromatic N) is 1. The van der Waals surface area contributed by atoms with Crippen LogP contribution in [0.5, 0.6) is 0 Å². The Hall–Kier alpha value is -1.62. The van der Waals surface area contributed by atoms with E-state index in [1.165, 1.54) is 11.3 Å². The number of aromatic carboxylic acids is 1. The third-order valence-electron chi connectivity index (χ3n) is 2.06. The molecule has 0 fully saturated rings. The first-order valence-corrected chi connectivity index (χ1v) is 4.80. The second-order valence-electron chi connectivity index (χ2n) is 2.94. The number of thiazole rings is 1. The van der Waals surface area contributed by atoms with E-state index in [9.17, 15) is 4.79 Å². The van der Waals surface area contributed by atoms with Crippen molar-refractivity contribution in [2.24, 2.45) is 0 Å². The van der Waals surface area contributed by atoms with Gasteiger partial charge in [0.05, 0.1) is 15.8 Å². The van der Waals surface area contributed by atoms with E-state index >= 15 is 0 Å². The van der Waals surface area contributed by atoms with Crippen molar-refractivity contribution in [3.05, 3.63) is 23.3 Å². The Morgan fingerprint density at radius 2 is 2.29 bits per heavy atom. The zero-order chi connectivity index (χ0) is 10.3. The molecule has 1 aromatic heterocycles. The number of hydrogen-bond donors (Lipinski definition) is 2. The number of rotatable bonds is 1. The zero-order valence-corrected chi connectivity index (χ0v) is 8.26. The minimum Gasteiger partial charge on any atom is -0.478 e. The summed E-state index contributed by atoms with van der Waals surface area (Å²) in [7, 11) is 0. The fraction of sp³-hybridized carbons (Fsp3) is 0.111. The van der Waals surface area contributed by atoms with Crippen LogP contribution in [0.1, 0.15) is 15.9 Å². The van der Waals surface area contributed by atoms with Gasteiger partial charge < -0.3 is 10.8 Å². The summed E-state index contributed by atoms with van der Waals surface area (Å²) in [6.07, 6.45) is 0. The third-order valence-corrected chi connectivity index (χ3v) is 2.91. The number of carboxylic acid groups (broad SMARTS) is 1. The second kappa shape index (κ2) is 2.95. The van der Waals surface area contributed by atoms with Gasteiger partial charge in [0, 0.05) is 0 Å². The summed E-state index contributed by atoms with van der Waals surface area (Å²) < 4.78 is 0.921. The smallest absolute Gasteiger partial charge is 0.336 e. The molecule has 0 spiro atoms. The highest BCUT2D eigenvalue weighted by Crippen LogP contribution is 2.27. The number of nitrogen functional groups attached to an aromatic ring is 1. The summed E-state index contributed by atoms with van der Waals surface area (Å²) in [5.74, 6) is -0.934. The van der Waals surface area contributed by atoms with E-state index in [-0.39, 0.29) is 5.56 Å². The van der Waals surface area contributed by atoms with Crippen LogP contribution in [0.4, 0.5) is 5.13 Å². The molecule has 2 aromatic rings. The van der Waals surface area contributed by atoms with Crippen LogP contribution < -0.4 is 5.73 Å². The largest absolute Gasteiger partial charge is 0.478 e. The van der Waals surface area contributed by atoms with Crippen LogP contribution in [-0.4, -0.2) is 16.1 Å². The Bertz CT molecular complexity index is 519. The van der Waals surface area contributed by atoms with Crippen LogP contribution in [0, 0.1) is 6.92 Å². The molecule has 0 bridgehead atoms. The number of carboxylic acids is 1. The average molecular weight is 208 g/mol. The van der Waals surface area contributed by atoms with Gasteiger partial charge in [-0.3, -0.25) is 0 Å². The van der Waals surface area contributed by atoms with Gasteiger partial charge >= 0.3 is 5.97 Å². The zero-order valence-electron chi connectivity index (χ0n) is 7.44. The van der Waals surface area contributed by atoms with Gasteiger partial charge in [-0.25, -0.2) is 9.78 Å². The fourth-order valence-corrected chi connectivity index (χ4v) is 2.17. The first kappa shape index (κ1) is 8.96. The van der Waals surface area contributed by atoms with Crippen molar-refractivity contribution in [1.29, 1.82) is 0 Å². The van der Waals surface area contributed by atoms with Gasteiger partial charge in [0.2, 0.25) is 0 Å². The van der Waals surface area contributed by atoms with Crippen molar-refractivity contribution in [2.75, 3.05) is 5.73 Å². The number of carbonyl (C=O) groups is 1. The summed E-state index contributed by atoms with van der Waals surface area (Å²) in [5, 5.41) is 9.34. The minimum atomic E-state index is -0.934. The third kappa shape index (κ3) is 1.22.